The largest absolute Gasteiger partial charge is 0.223 e. The molecule has 0 atom stereocenters. The second-order valence-electron chi connectivity index (χ2n) is 12.6. The third kappa shape index (κ3) is 21.8. The van der Waals surface area contributed by atoms with Gasteiger partial charge in [0.15, 0.2) is 9.84 Å². The second kappa shape index (κ2) is 24.4. The van der Waals surface area contributed by atoms with E-state index in [2.05, 4.69) is 109 Å². The minimum Gasteiger partial charge on any atom is -0.223 e. The minimum atomic E-state index is -3.22. The van der Waals surface area contributed by atoms with Gasteiger partial charge in [0.25, 0.3) is 0 Å². The number of hydrogen-bond acceptors (Lipinski definition) is 3. The van der Waals surface area contributed by atoms with Gasteiger partial charge in [-0.05, 0) is 131 Å². The van der Waals surface area contributed by atoms with Gasteiger partial charge in [0.05, 0.1) is 10.6 Å². The highest BCUT2D eigenvalue weighted by molar-refractivity contribution is 7.99. The summed E-state index contributed by atoms with van der Waals surface area (Å²) in [5, 5.41) is 0. The third-order valence-corrected chi connectivity index (χ3v) is 9.96. The summed E-state index contributed by atoms with van der Waals surface area (Å²) in [6, 6.07) is 19.2. The highest BCUT2D eigenvalue weighted by Gasteiger charge is 2.11. The molecule has 46 heavy (non-hydrogen) atoms. The Hall–Kier alpha value is -2.82. The monoisotopic (exact) mass is 660 g/mol. The Morgan fingerprint density at radius 3 is 1.37 bits per heavy atom. The van der Waals surface area contributed by atoms with Crippen molar-refractivity contribution in [1.29, 1.82) is 0 Å². The molecule has 2 nitrogen and oxygen atoms in total. The van der Waals surface area contributed by atoms with Gasteiger partial charge in [0.1, 0.15) is 0 Å². The van der Waals surface area contributed by atoms with Crippen LogP contribution in [-0.2, 0) is 9.84 Å². The van der Waals surface area contributed by atoms with Crippen molar-refractivity contribution in [3.05, 3.63) is 131 Å². The van der Waals surface area contributed by atoms with Gasteiger partial charge in [-0.1, -0.05) is 106 Å². The molecular weight excluding hydrogens is 601 g/mol. The van der Waals surface area contributed by atoms with Crippen LogP contribution in [0.2, 0.25) is 0 Å². The standard InChI is InChI=1S/C21H30O2S.C21H30S/c1-18(2)10-8-11-19(3)12-9-13-20(4)16-17-24(22,23)21-14-6-5-7-15-21;1-18(2)10-8-11-19(3)12-9-13-20(4)16-17-22-21-14-6-5-7-15-21/h5-7,10,12,14-16H,8-9,11,13,17H2,1-4H3;5-7,10,12,14-16H,8-9,11,13,17H2,1-4H3/b2*19-12+,20-16+. The van der Waals surface area contributed by atoms with Crippen molar-refractivity contribution in [2.45, 2.75) is 117 Å². The van der Waals surface area contributed by atoms with Crippen LogP contribution in [0.5, 0.6) is 0 Å². The molecular formula is C42H60O2S2. The van der Waals surface area contributed by atoms with E-state index in [0.29, 0.717) is 4.90 Å². The Balaban J connectivity index is 0.000000462. The summed E-state index contributed by atoms with van der Waals surface area (Å²) in [7, 11) is -3.22. The van der Waals surface area contributed by atoms with Crippen LogP contribution in [0.25, 0.3) is 0 Å². The Morgan fingerprint density at radius 1 is 0.522 bits per heavy atom. The van der Waals surface area contributed by atoms with Crippen molar-refractivity contribution in [3.8, 4) is 0 Å². The molecule has 0 saturated carbocycles. The molecule has 0 fully saturated rings. The number of thioether (sulfide) groups is 1. The molecule has 2 aromatic carbocycles. The lowest BCUT2D eigenvalue weighted by atomic mass is 10.1. The van der Waals surface area contributed by atoms with E-state index in [1.165, 1.54) is 58.4 Å². The van der Waals surface area contributed by atoms with Gasteiger partial charge < -0.3 is 0 Å². The highest BCUT2D eigenvalue weighted by Crippen LogP contribution is 2.19. The summed E-state index contributed by atoms with van der Waals surface area (Å²) in [5.41, 5.74) is 8.32. The van der Waals surface area contributed by atoms with E-state index >= 15 is 0 Å². The summed E-state index contributed by atoms with van der Waals surface area (Å²) in [4.78, 5) is 1.74. The average Bonchev–Trinajstić information content (AvgIpc) is 3.01. The fourth-order valence-corrected chi connectivity index (χ4v) is 6.63. The Bertz CT molecular complexity index is 1410. The van der Waals surface area contributed by atoms with Crippen molar-refractivity contribution < 1.29 is 8.42 Å². The van der Waals surface area contributed by atoms with Gasteiger partial charge in [-0.25, -0.2) is 8.42 Å². The maximum absolute atomic E-state index is 12.2. The lowest BCUT2D eigenvalue weighted by Gasteiger charge is -2.03. The summed E-state index contributed by atoms with van der Waals surface area (Å²) in [5.74, 6) is 1.14. The first-order valence-electron chi connectivity index (χ1n) is 16.7. The van der Waals surface area contributed by atoms with Gasteiger partial charge in [0.2, 0.25) is 0 Å². The molecule has 2 aromatic rings. The molecule has 0 amide bonds. The van der Waals surface area contributed by atoms with E-state index in [9.17, 15) is 8.42 Å². The number of allylic oxidation sites excluding steroid dienone is 10. The van der Waals surface area contributed by atoms with Crippen LogP contribution in [-0.4, -0.2) is 19.9 Å². The first kappa shape index (κ1) is 41.2. The molecule has 0 aliphatic carbocycles. The van der Waals surface area contributed by atoms with Crippen LogP contribution < -0.4 is 0 Å². The molecule has 0 spiro atoms. The lowest BCUT2D eigenvalue weighted by Crippen LogP contribution is -2.04. The summed E-state index contributed by atoms with van der Waals surface area (Å²) >= 11 is 1.90. The molecule has 0 unspecified atom stereocenters. The van der Waals surface area contributed by atoms with Gasteiger partial charge >= 0.3 is 0 Å². The highest BCUT2D eigenvalue weighted by atomic mass is 32.2. The predicted molar refractivity (Wildman–Crippen MR) is 206 cm³/mol. The van der Waals surface area contributed by atoms with Crippen molar-refractivity contribution in [1.82, 2.24) is 0 Å². The van der Waals surface area contributed by atoms with Gasteiger partial charge in [-0.15, -0.1) is 11.8 Å². The molecule has 0 N–H and O–H groups in total. The van der Waals surface area contributed by atoms with E-state index in [1.54, 1.807) is 24.3 Å². The number of hydrogen-bond donors (Lipinski definition) is 0. The Kier molecular flexibility index (Phi) is 21.8. The van der Waals surface area contributed by atoms with E-state index in [1.807, 2.05) is 30.8 Å². The van der Waals surface area contributed by atoms with Crippen LogP contribution in [0.15, 0.2) is 140 Å². The Morgan fingerprint density at radius 2 is 0.913 bits per heavy atom. The molecule has 0 aliphatic heterocycles. The summed E-state index contributed by atoms with van der Waals surface area (Å²) in [6.45, 7) is 17.3. The predicted octanol–water partition coefficient (Wildman–Crippen LogP) is 13.1. The third-order valence-electron chi connectivity index (χ3n) is 7.42. The normalized spacial score (nSPS) is 12.7. The van der Waals surface area contributed by atoms with Crippen molar-refractivity contribution in [3.63, 3.8) is 0 Å². The van der Waals surface area contributed by atoms with Crippen LogP contribution in [0.1, 0.15) is 107 Å². The SMILES string of the molecule is CC(C)=CCC/C(C)=C/CC/C(C)=C/CS(=O)(=O)c1ccccc1.CC(C)=CCC/C(C)=C/CC/C(C)=C/CSc1ccccc1. The lowest BCUT2D eigenvalue weighted by molar-refractivity contribution is 0.599. The van der Waals surface area contributed by atoms with Crippen LogP contribution in [0.4, 0.5) is 0 Å². The first-order valence-corrected chi connectivity index (χ1v) is 19.4. The van der Waals surface area contributed by atoms with Crippen molar-refractivity contribution in [2.24, 2.45) is 0 Å². The molecule has 252 valence electrons. The summed E-state index contributed by atoms with van der Waals surface area (Å²) in [6.07, 6.45) is 22.2. The molecule has 2 rings (SSSR count). The number of benzene rings is 2. The molecule has 0 aliphatic rings. The molecule has 4 heteroatoms. The van der Waals surface area contributed by atoms with Gasteiger partial charge in [-0.3, -0.25) is 0 Å². The van der Waals surface area contributed by atoms with Crippen LogP contribution in [0, 0.1) is 0 Å². The molecule has 0 aromatic heterocycles. The first-order chi connectivity index (χ1) is 21.9. The van der Waals surface area contributed by atoms with Gasteiger partial charge in [-0.2, -0.15) is 0 Å². The second-order valence-corrected chi connectivity index (χ2v) is 15.8. The van der Waals surface area contributed by atoms with Gasteiger partial charge in [0, 0.05) is 10.6 Å². The fraction of sp³-hybridized carbons (Fsp3) is 0.429. The topological polar surface area (TPSA) is 34.1 Å². The zero-order valence-electron chi connectivity index (χ0n) is 29.9. The van der Waals surface area contributed by atoms with Crippen molar-refractivity contribution >= 4 is 21.6 Å². The maximum Gasteiger partial charge on any atom is 0.181 e. The number of sulfone groups is 1. The fourth-order valence-electron chi connectivity index (χ4n) is 4.45. The molecule has 0 saturated heterocycles. The number of rotatable bonds is 18. The minimum absolute atomic E-state index is 0.0755. The zero-order chi connectivity index (χ0) is 34.2. The van der Waals surface area contributed by atoms with E-state index in [0.717, 1.165) is 37.0 Å². The summed E-state index contributed by atoms with van der Waals surface area (Å²) < 4.78 is 24.5. The molecule has 0 heterocycles. The van der Waals surface area contributed by atoms with Crippen LogP contribution >= 0.6 is 11.8 Å². The van der Waals surface area contributed by atoms with Crippen molar-refractivity contribution in [2.75, 3.05) is 11.5 Å². The van der Waals surface area contributed by atoms with E-state index in [4.69, 9.17) is 0 Å². The zero-order valence-corrected chi connectivity index (χ0v) is 31.6. The van der Waals surface area contributed by atoms with E-state index < -0.39 is 9.84 Å². The average molecular weight is 661 g/mol. The van der Waals surface area contributed by atoms with E-state index in [-0.39, 0.29) is 5.75 Å². The molecule has 0 bridgehead atoms. The maximum atomic E-state index is 12.2. The molecule has 0 radical (unpaired) electrons. The smallest absolute Gasteiger partial charge is 0.181 e. The Labute approximate surface area is 287 Å². The van der Waals surface area contributed by atoms with Crippen LogP contribution in [0.3, 0.4) is 0 Å². The quantitative estimate of drug-likeness (QED) is 0.118.